The largest absolute Gasteiger partial charge is 0.389 e. The van der Waals surface area contributed by atoms with Crippen LogP contribution in [0.5, 0.6) is 0 Å². The molecular formula is C15H21NO2. The third kappa shape index (κ3) is 2.13. The van der Waals surface area contributed by atoms with Crippen LogP contribution in [0.15, 0.2) is 24.3 Å². The lowest BCUT2D eigenvalue weighted by atomic mass is 10.1. The number of ether oxygens (including phenoxy) is 1. The van der Waals surface area contributed by atoms with E-state index in [-0.39, 0.29) is 6.10 Å². The molecule has 3 atom stereocenters. The van der Waals surface area contributed by atoms with Crippen LogP contribution < -0.4 is 4.90 Å². The summed E-state index contributed by atoms with van der Waals surface area (Å²) in [5.41, 5.74) is 2.24. The summed E-state index contributed by atoms with van der Waals surface area (Å²) in [4.78, 5) is 2.48. The molecule has 0 spiro atoms. The summed E-state index contributed by atoms with van der Waals surface area (Å²) in [6, 6.07) is 8.86. The summed E-state index contributed by atoms with van der Waals surface area (Å²) in [5, 5.41) is 9.54. The molecule has 0 amide bonds. The number of aliphatic hydroxyl groups is 1. The highest BCUT2D eigenvalue weighted by Crippen LogP contribution is 2.33. The van der Waals surface area contributed by atoms with Gasteiger partial charge in [-0.15, -0.1) is 0 Å². The molecule has 1 aromatic carbocycles. The van der Waals surface area contributed by atoms with Crippen LogP contribution in [0, 0.1) is 0 Å². The number of hydrogen-bond acceptors (Lipinski definition) is 3. The molecule has 98 valence electrons. The molecular weight excluding hydrogens is 226 g/mol. The van der Waals surface area contributed by atoms with Gasteiger partial charge in [0.2, 0.25) is 0 Å². The summed E-state index contributed by atoms with van der Waals surface area (Å²) in [5.74, 6) is 0. The van der Waals surface area contributed by atoms with Gasteiger partial charge in [0.15, 0.2) is 0 Å². The van der Waals surface area contributed by atoms with Crippen LogP contribution in [-0.4, -0.2) is 30.4 Å². The quantitative estimate of drug-likeness (QED) is 0.871. The zero-order valence-corrected chi connectivity index (χ0v) is 10.9. The number of nitrogens with zero attached hydrogens (tertiary/aromatic N) is 1. The third-order valence-corrected chi connectivity index (χ3v) is 4.19. The summed E-state index contributed by atoms with van der Waals surface area (Å²) in [6.45, 7) is 3.62. The average Bonchev–Trinajstić information content (AvgIpc) is 2.87. The maximum Gasteiger partial charge on any atom is 0.0779 e. The van der Waals surface area contributed by atoms with Crippen LogP contribution in [0.25, 0.3) is 0 Å². The smallest absolute Gasteiger partial charge is 0.0779 e. The van der Waals surface area contributed by atoms with Gasteiger partial charge in [0.1, 0.15) is 0 Å². The first-order valence-corrected chi connectivity index (χ1v) is 6.92. The lowest BCUT2D eigenvalue weighted by molar-refractivity contribution is 0.0256. The Kier molecular flexibility index (Phi) is 3.27. The Morgan fingerprint density at radius 1 is 1.28 bits per heavy atom. The van der Waals surface area contributed by atoms with Gasteiger partial charge in [0.05, 0.1) is 24.9 Å². The average molecular weight is 247 g/mol. The van der Waals surface area contributed by atoms with Crippen molar-refractivity contribution in [1.29, 1.82) is 0 Å². The molecule has 1 heterocycles. The molecule has 1 aliphatic heterocycles. The highest BCUT2D eigenvalue weighted by atomic mass is 16.5. The topological polar surface area (TPSA) is 32.7 Å². The van der Waals surface area contributed by atoms with E-state index >= 15 is 0 Å². The van der Waals surface area contributed by atoms with Gasteiger partial charge < -0.3 is 14.7 Å². The molecule has 0 bridgehead atoms. The Morgan fingerprint density at radius 2 is 2.06 bits per heavy atom. The van der Waals surface area contributed by atoms with E-state index in [2.05, 4.69) is 17.0 Å². The van der Waals surface area contributed by atoms with Crippen molar-refractivity contribution in [3.8, 4) is 0 Å². The zero-order valence-electron chi connectivity index (χ0n) is 10.9. The van der Waals surface area contributed by atoms with Crippen molar-refractivity contribution in [3.63, 3.8) is 0 Å². The molecule has 1 aromatic rings. The van der Waals surface area contributed by atoms with Crippen molar-refractivity contribution in [2.75, 3.05) is 18.1 Å². The van der Waals surface area contributed by atoms with E-state index in [9.17, 15) is 5.11 Å². The number of fused-ring (bicyclic) bond motifs is 1. The van der Waals surface area contributed by atoms with Crippen LogP contribution in [0.3, 0.4) is 0 Å². The van der Waals surface area contributed by atoms with Crippen LogP contribution in [0.1, 0.15) is 37.9 Å². The Labute approximate surface area is 108 Å². The van der Waals surface area contributed by atoms with Crippen LogP contribution in [-0.2, 0) is 4.74 Å². The van der Waals surface area contributed by atoms with Crippen molar-refractivity contribution in [2.45, 2.75) is 44.4 Å². The number of hydrogen-bond donors (Lipinski definition) is 1. The fraction of sp³-hybridized carbons (Fsp3) is 0.600. The second kappa shape index (κ2) is 4.90. The molecule has 1 N–H and O–H groups in total. The summed E-state index contributed by atoms with van der Waals surface area (Å²) < 4.78 is 5.83. The monoisotopic (exact) mass is 247 g/mol. The minimum absolute atomic E-state index is 0.386. The maximum atomic E-state index is 9.54. The highest BCUT2D eigenvalue weighted by Gasteiger charge is 2.36. The maximum absolute atomic E-state index is 9.54. The number of morpholine rings is 1. The van der Waals surface area contributed by atoms with Crippen molar-refractivity contribution in [3.05, 3.63) is 29.8 Å². The van der Waals surface area contributed by atoms with Crippen molar-refractivity contribution < 1.29 is 9.84 Å². The molecule has 0 aromatic heterocycles. The molecule has 3 rings (SSSR count). The van der Waals surface area contributed by atoms with E-state index in [1.165, 1.54) is 24.9 Å². The van der Waals surface area contributed by atoms with Gasteiger partial charge in [-0.05, 0) is 43.9 Å². The van der Waals surface area contributed by atoms with E-state index in [0.29, 0.717) is 12.1 Å². The van der Waals surface area contributed by atoms with Gasteiger partial charge >= 0.3 is 0 Å². The second-order valence-corrected chi connectivity index (χ2v) is 5.37. The minimum Gasteiger partial charge on any atom is -0.389 e. The molecule has 1 aliphatic carbocycles. The number of anilines is 1. The van der Waals surface area contributed by atoms with Crippen LogP contribution in [0.4, 0.5) is 5.69 Å². The Hall–Kier alpha value is -1.06. The first-order valence-electron chi connectivity index (χ1n) is 6.92. The molecule has 3 unspecified atom stereocenters. The summed E-state index contributed by atoms with van der Waals surface area (Å²) in [6.07, 6.45) is 3.76. The highest BCUT2D eigenvalue weighted by molar-refractivity contribution is 5.49. The van der Waals surface area contributed by atoms with Crippen LogP contribution in [0.2, 0.25) is 0 Å². The predicted molar refractivity (Wildman–Crippen MR) is 71.8 cm³/mol. The molecule has 1 saturated carbocycles. The number of benzene rings is 1. The van der Waals surface area contributed by atoms with Gasteiger partial charge in [-0.1, -0.05) is 12.1 Å². The fourth-order valence-corrected chi connectivity index (χ4v) is 3.19. The Balaban J connectivity index is 1.80. The Morgan fingerprint density at radius 3 is 2.78 bits per heavy atom. The van der Waals surface area contributed by atoms with Gasteiger partial charge in [0, 0.05) is 12.2 Å². The Bertz CT molecular complexity index is 401. The molecule has 18 heavy (non-hydrogen) atoms. The molecule has 3 heteroatoms. The number of rotatable bonds is 2. The zero-order chi connectivity index (χ0) is 12.5. The molecule has 0 radical (unpaired) electrons. The van der Waals surface area contributed by atoms with E-state index in [0.717, 1.165) is 18.7 Å². The van der Waals surface area contributed by atoms with E-state index in [1.807, 2.05) is 12.1 Å². The summed E-state index contributed by atoms with van der Waals surface area (Å²) >= 11 is 0. The van der Waals surface area contributed by atoms with Gasteiger partial charge in [-0.2, -0.15) is 0 Å². The first-order chi connectivity index (χ1) is 8.75. The molecule has 2 fully saturated rings. The minimum atomic E-state index is -0.386. The van der Waals surface area contributed by atoms with Gasteiger partial charge in [-0.25, -0.2) is 0 Å². The van der Waals surface area contributed by atoms with Crippen LogP contribution >= 0.6 is 0 Å². The van der Waals surface area contributed by atoms with Crippen molar-refractivity contribution in [1.82, 2.24) is 0 Å². The molecule has 2 aliphatic rings. The van der Waals surface area contributed by atoms with Gasteiger partial charge in [-0.3, -0.25) is 0 Å². The lowest BCUT2D eigenvalue weighted by Gasteiger charge is -2.39. The lowest BCUT2D eigenvalue weighted by Crippen LogP contribution is -2.48. The SMILES string of the molecule is CC(O)c1ccc(N2CCOC3CCCC32)cc1. The molecule has 3 nitrogen and oxygen atoms in total. The molecule has 1 saturated heterocycles. The summed E-state index contributed by atoms with van der Waals surface area (Å²) in [7, 11) is 0. The van der Waals surface area contributed by atoms with E-state index < -0.39 is 0 Å². The van der Waals surface area contributed by atoms with Crippen molar-refractivity contribution in [2.24, 2.45) is 0 Å². The van der Waals surface area contributed by atoms with Crippen molar-refractivity contribution >= 4 is 5.69 Å². The first kappa shape index (κ1) is 12.0. The van der Waals surface area contributed by atoms with E-state index in [1.54, 1.807) is 6.92 Å². The predicted octanol–water partition coefficient (Wildman–Crippen LogP) is 2.50. The standard InChI is InChI=1S/C15H21NO2/c1-11(17)12-5-7-13(8-6-12)16-9-10-18-15-4-2-3-14(15)16/h5-8,11,14-15,17H,2-4,9-10H2,1H3. The normalized spacial score (nSPS) is 29.1. The van der Waals surface area contributed by atoms with Gasteiger partial charge in [0.25, 0.3) is 0 Å². The third-order valence-electron chi connectivity index (χ3n) is 4.19. The fourth-order valence-electron chi connectivity index (χ4n) is 3.19. The number of aliphatic hydroxyl groups excluding tert-OH is 1. The van der Waals surface area contributed by atoms with E-state index in [4.69, 9.17) is 4.74 Å². The second-order valence-electron chi connectivity index (χ2n) is 5.37.